The van der Waals surface area contributed by atoms with Crippen molar-refractivity contribution < 1.29 is 17.9 Å². The molecule has 4 heterocycles. The highest BCUT2D eigenvalue weighted by atomic mass is 32.2. The lowest BCUT2D eigenvalue weighted by Gasteiger charge is -2.26. The van der Waals surface area contributed by atoms with Crippen molar-refractivity contribution in [2.45, 2.75) is 24.3 Å². The Kier molecular flexibility index (Phi) is 5.91. The molecule has 0 saturated carbocycles. The third-order valence-corrected chi connectivity index (χ3v) is 8.40. The lowest BCUT2D eigenvalue weighted by atomic mass is 10.3. The second kappa shape index (κ2) is 8.86. The highest BCUT2D eigenvalue weighted by Gasteiger charge is 2.27. The Balaban J connectivity index is 1.25. The van der Waals surface area contributed by atoms with Crippen molar-refractivity contribution in [3.63, 3.8) is 0 Å². The molecule has 0 unspecified atom stereocenters. The summed E-state index contributed by atoms with van der Waals surface area (Å²) >= 11 is 1.55. The van der Waals surface area contributed by atoms with Crippen LogP contribution in [0.2, 0.25) is 0 Å². The van der Waals surface area contributed by atoms with Gasteiger partial charge in [0.25, 0.3) is 0 Å². The van der Waals surface area contributed by atoms with Crippen molar-refractivity contribution in [2.24, 2.45) is 7.05 Å². The number of hydrogen-bond donors (Lipinski definition) is 1. The van der Waals surface area contributed by atoms with Gasteiger partial charge in [0.1, 0.15) is 5.82 Å². The summed E-state index contributed by atoms with van der Waals surface area (Å²) in [4.78, 5) is 22.5. The Hall–Kier alpha value is -2.80. The predicted molar refractivity (Wildman–Crippen MR) is 124 cm³/mol. The standard InChI is InChI=1S/C21H24N6O4S2/c1-25-18-3-2-16(33(29,30)27-6-9-31-10-7-27)12-17(18)24-19(25)4-5-20(28)22-13-15-14-26-8-11-32-21(26)23-15/h2-3,8,11-12,14H,4-7,9-10,13H2,1H3,(H,22,28). The minimum Gasteiger partial charge on any atom is -0.379 e. The molecule has 1 N–H and O–H groups in total. The number of nitrogens with zero attached hydrogens (tertiary/aromatic N) is 5. The van der Waals surface area contributed by atoms with Crippen molar-refractivity contribution in [1.29, 1.82) is 0 Å². The lowest BCUT2D eigenvalue weighted by Crippen LogP contribution is -2.40. The quantitative estimate of drug-likeness (QED) is 0.423. The molecule has 174 valence electrons. The van der Waals surface area contributed by atoms with Crippen LogP contribution in [0.25, 0.3) is 16.0 Å². The molecule has 3 aromatic heterocycles. The van der Waals surface area contributed by atoms with Gasteiger partial charge >= 0.3 is 0 Å². The van der Waals surface area contributed by atoms with E-state index in [2.05, 4.69) is 15.3 Å². The van der Waals surface area contributed by atoms with Gasteiger partial charge in [-0.05, 0) is 18.2 Å². The van der Waals surface area contributed by atoms with Crippen LogP contribution in [-0.2, 0) is 39.6 Å². The number of hydrogen-bond acceptors (Lipinski definition) is 7. The molecular weight excluding hydrogens is 464 g/mol. The van der Waals surface area contributed by atoms with Crippen molar-refractivity contribution >= 4 is 43.3 Å². The van der Waals surface area contributed by atoms with E-state index in [9.17, 15) is 13.2 Å². The second-order valence-electron chi connectivity index (χ2n) is 7.86. The number of amides is 1. The van der Waals surface area contributed by atoms with Crippen molar-refractivity contribution in [1.82, 2.24) is 28.6 Å². The number of imidazole rings is 2. The number of benzene rings is 1. The molecule has 0 spiro atoms. The molecule has 33 heavy (non-hydrogen) atoms. The topological polar surface area (TPSA) is 111 Å². The Morgan fingerprint density at radius 2 is 2.06 bits per heavy atom. The van der Waals surface area contributed by atoms with Crippen LogP contribution in [0.4, 0.5) is 0 Å². The average molecular weight is 489 g/mol. The molecule has 5 rings (SSSR count). The van der Waals surface area contributed by atoms with E-state index in [4.69, 9.17) is 4.74 Å². The summed E-state index contributed by atoms with van der Waals surface area (Å²) < 4.78 is 36.4. The van der Waals surface area contributed by atoms with Gasteiger partial charge in [-0.25, -0.2) is 18.4 Å². The van der Waals surface area contributed by atoms with Crippen LogP contribution in [0.15, 0.2) is 40.9 Å². The van der Waals surface area contributed by atoms with Gasteiger partial charge in [-0.1, -0.05) is 0 Å². The Morgan fingerprint density at radius 3 is 2.85 bits per heavy atom. The Bertz CT molecular complexity index is 1390. The van der Waals surface area contributed by atoms with Gasteiger partial charge in [0.15, 0.2) is 4.96 Å². The van der Waals surface area contributed by atoms with E-state index < -0.39 is 10.0 Å². The first-order valence-electron chi connectivity index (χ1n) is 10.6. The molecule has 0 radical (unpaired) electrons. The van der Waals surface area contributed by atoms with E-state index in [1.165, 1.54) is 4.31 Å². The first kappa shape index (κ1) is 22.0. The lowest BCUT2D eigenvalue weighted by molar-refractivity contribution is -0.121. The Labute approximate surface area is 194 Å². The molecule has 10 nitrogen and oxygen atoms in total. The maximum atomic E-state index is 12.9. The second-order valence-corrected chi connectivity index (χ2v) is 10.7. The minimum atomic E-state index is -3.59. The molecule has 1 aliphatic heterocycles. The van der Waals surface area contributed by atoms with E-state index in [0.29, 0.717) is 44.8 Å². The summed E-state index contributed by atoms with van der Waals surface area (Å²) in [5.74, 6) is 0.637. The van der Waals surface area contributed by atoms with Crippen LogP contribution < -0.4 is 5.32 Å². The molecule has 0 atom stereocenters. The molecule has 1 amide bonds. The molecule has 1 aliphatic rings. The summed E-state index contributed by atoms with van der Waals surface area (Å²) in [5.41, 5.74) is 2.23. The van der Waals surface area contributed by atoms with Crippen molar-refractivity contribution in [2.75, 3.05) is 26.3 Å². The molecule has 0 aliphatic carbocycles. The van der Waals surface area contributed by atoms with Gasteiger partial charge in [-0.15, -0.1) is 11.3 Å². The fourth-order valence-corrected chi connectivity index (χ4v) is 6.06. The summed E-state index contributed by atoms with van der Waals surface area (Å²) in [5, 5.41) is 4.86. The third-order valence-electron chi connectivity index (χ3n) is 5.74. The zero-order chi connectivity index (χ0) is 23.0. The number of fused-ring (bicyclic) bond motifs is 2. The van der Waals surface area contributed by atoms with E-state index in [1.807, 2.05) is 33.8 Å². The smallest absolute Gasteiger partial charge is 0.243 e. The van der Waals surface area contributed by atoms with Gasteiger partial charge in [0.05, 0.1) is 41.4 Å². The first-order valence-corrected chi connectivity index (χ1v) is 12.9. The molecule has 4 aromatic rings. The summed E-state index contributed by atoms with van der Waals surface area (Å²) in [7, 11) is -1.72. The highest BCUT2D eigenvalue weighted by Crippen LogP contribution is 2.23. The third kappa shape index (κ3) is 4.38. The van der Waals surface area contributed by atoms with Crippen molar-refractivity contribution in [3.8, 4) is 0 Å². The summed E-state index contributed by atoms with van der Waals surface area (Å²) in [6, 6.07) is 4.98. The first-order chi connectivity index (χ1) is 15.9. The van der Waals surface area contributed by atoms with Crippen molar-refractivity contribution in [3.05, 3.63) is 47.5 Å². The van der Waals surface area contributed by atoms with Gasteiger partial charge in [-0.3, -0.25) is 9.20 Å². The molecule has 1 aromatic carbocycles. The number of aromatic nitrogens is 4. The maximum Gasteiger partial charge on any atom is 0.243 e. The zero-order valence-electron chi connectivity index (χ0n) is 18.1. The summed E-state index contributed by atoms with van der Waals surface area (Å²) in [6.45, 7) is 1.87. The van der Waals surface area contributed by atoms with Crippen LogP contribution >= 0.6 is 11.3 Å². The summed E-state index contributed by atoms with van der Waals surface area (Å²) in [6.07, 6.45) is 4.56. The molecular formula is C21H24N6O4S2. The van der Waals surface area contributed by atoms with Crippen LogP contribution in [0.1, 0.15) is 17.9 Å². The van der Waals surface area contributed by atoms with Crippen LogP contribution in [-0.4, -0.2) is 63.9 Å². The molecule has 1 fully saturated rings. The normalized spacial score (nSPS) is 15.4. The Morgan fingerprint density at radius 1 is 1.24 bits per heavy atom. The number of morpholine rings is 1. The number of carbonyl (C=O) groups is 1. The van der Waals surface area contributed by atoms with Gasteiger partial charge < -0.3 is 14.6 Å². The molecule has 12 heteroatoms. The fourth-order valence-electron chi connectivity index (χ4n) is 3.91. The highest BCUT2D eigenvalue weighted by molar-refractivity contribution is 7.89. The van der Waals surface area contributed by atoms with Gasteiger partial charge in [-0.2, -0.15) is 4.31 Å². The number of aryl methyl sites for hydroxylation is 2. The largest absolute Gasteiger partial charge is 0.379 e. The van der Waals surface area contributed by atoms with E-state index in [0.717, 1.165) is 22.0 Å². The fraction of sp³-hybridized carbons (Fsp3) is 0.381. The number of nitrogens with one attached hydrogen (secondary N) is 1. The zero-order valence-corrected chi connectivity index (χ0v) is 19.7. The minimum absolute atomic E-state index is 0.0889. The average Bonchev–Trinajstić information content (AvgIpc) is 3.50. The molecule has 1 saturated heterocycles. The maximum absolute atomic E-state index is 12.9. The molecule has 0 bridgehead atoms. The van der Waals surface area contributed by atoms with E-state index >= 15 is 0 Å². The number of ether oxygens (including phenoxy) is 1. The number of thiazole rings is 1. The van der Waals surface area contributed by atoms with Gasteiger partial charge in [0, 0.05) is 50.8 Å². The number of rotatable bonds is 7. The predicted octanol–water partition coefficient (Wildman–Crippen LogP) is 1.55. The number of carbonyl (C=O) groups excluding carboxylic acids is 1. The monoisotopic (exact) mass is 488 g/mol. The van der Waals surface area contributed by atoms with E-state index in [1.54, 1.807) is 29.5 Å². The number of sulfonamides is 1. The van der Waals surface area contributed by atoms with Crippen LogP contribution in [0, 0.1) is 0 Å². The van der Waals surface area contributed by atoms with Crippen LogP contribution in [0.5, 0.6) is 0 Å². The van der Waals surface area contributed by atoms with Gasteiger partial charge in [0.2, 0.25) is 15.9 Å². The van der Waals surface area contributed by atoms with E-state index in [-0.39, 0.29) is 17.2 Å². The van der Waals surface area contributed by atoms with Crippen LogP contribution in [0.3, 0.4) is 0 Å². The SMILES string of the molecule is Cn1c(CCC(=O)NCc2cn3ccsc3n2)nc2cc(S(=O)(=O)N3CCOCC3)ccc21.